The number of hydrogen-bond donors (Lipinski definition) is 2. The number of aryl methyl sites for hydroxylation is 1. The van der Waals surface area contributed by atoms with Gasteiger partial charge in [-0.05, 0) is 36.6 Å². The van der Waals surface area contributed by atoms with Crippen molar-refractivity contribution in [3.8, 4) is 0 Å². The molecule has 1 aliphatic rings. The Morgan fingerprint density at radius 2 is 2.33 bits per heavy atom. The number of carbonyl (C=O) groups excluding carboxylic acids is 1. The van der Waals surface area contributed by atoms with Gasteiger partial charge in [0.05, 0.1) is 13.2 Å². The molecule has 1 heterocycles. The van der Waals surface area contributed by atoms with Crippen LogP contribution in [0.3, 0.4) is 0 Å². The molecule has 1 aliphatic heterocycles. The quantitative estimate of drug-likeness (QED) is 0.612. The van der Waals surface area contributed by atoms with Crippen molar-refractivity contribution in [3.63, 3.8) is 0 Å². The molecule has 1 aromatic carbocycles. The van der Waals surface area contributed by atoms with Gasteiger partial charge in [0.25, 0.3) is 5.91 Å². The summed E-state index contributed by atoms with van der Waals surface area (Å²) in [5, 5.41) is 3.31. The molecule has 0 aliphatic carbocycles. The first kappa shape index (κ1) is 12.9. The predicted molar refractivity (Wildman–Crippen MR) is 68.5 cm³/mol. The van der Waals surface area contributed by atoms with Gasteiger partial charge in [-0.1, -0.05) is 0 Å². The largest absolute Gasteiger partial charge is 0.385 e. The van der Waals surface area contributed by atoms with Crippen LogP contribution in [0.5, 0.6) is 0 Å². The number of methoxy groups -OCH3 is 1. The molecule has 2 rings (SSSR count). The summed E-state index contributed by atoms with van der Waals surface area (Å²) in [6.45, 7) is 1.79. The maximum atomic E-state index is 11.8. The monoisotopic (exact) mass is 250 g/mol. The van der Waals surface area contributed by atoms with E-state index in [-0.39, 0.29) is 5.91 Å². The molecule has 0 fully saturated rings. The molecule has 0 atom stereocenters. The second-order valence-electron chi connectivity index (χ2n) is 4.17. The Morgan fingerprint density at radius 3 is 3.17 bits per heavy atom. The van der Waals surface area contributed by atoms with E-state index in [2.05, 4.69) is 10.8 Å². The number of fused-ring (bicyclic) bond motifs is 1. The number of hydrogen-bond acceptors (Lipinski definition) is 4. The van der Waals surface area contributed by atoms with E-state index in [1.807, 2.05) is 12.1 Å². The number of benzene rings is 1. The van der Waals surface area contributed by atoms with E-state index in [1.165, 1.54) is 5.56 Å². The van der Waals surface area contributed by atoms with Gasteiger partial charge >= 0.3 is 0 Å². The maximum absolute atomic E-state index is 11.8. The van der Waals surface area contributed by atoms with Gasteiger partial charge in [-0.25, -0.2) is 5.48 Å². The second kappa shape index (κ2) is 6.37. The molecular weight excluding hydrogens is 232 g/mol. The molecule has 0 bridgehead atoms. The molecule has 2 N–H and O–H groups in total. The number of carbonyl (C=O) groups is 1. The number of ether oxygens (including phenoxy) is 1. The SMILES string of the molecule is COCCONC(=O)c1ccc2c(c1)CCCN2. The maximum Gasteiger partial charge on any atom is 0.274 e. The third-order valence-corrected chi connectivity index (χ3v) is 2.86. The molecule has 0 aromatic heterocycles. The van der Waals surface area contributed by atoms with E-state index in [9.17, 15) is 4.79 Å². The van der Waals surface area contributed by atoms with E-state index in [4.69, 9.17) is 9.57 Å². The first-order chi connectivity index (χ1) is 8.81. The Balaban J connectivity index is 1.94. The lowest BCUT2D eigenvalue weighted by Gasteiger charge is -2.18. The summed E-state index contributed by atoms with van der Waals surface area (Å²) in [5.74, 6) is -0.223. The molecule has 5 heteroatoms. The molecule has 18 heavy (non-hydrogen) atoms. The summed E-state index contributed by atoms with van der Waals surface area (Å²) >= 11 is 0. The summed E-state index contributed by atoms with van der Waals surface area (Å²) in [4.78, 5) is 16.8. The standard InChI is InChI=1S/C13H18N2O3/c1-17-7-8-18-15-13(16)11-4-5-12-10(9-11)3-2-6-14-12/h4-5,9,14H,2-3,6-8H2,1H3,(H,15,16). The summed E-state index contributed by atoms with van der Waals surface area (Å²) in [7, 11) is 1.58. The van der Waals surface area contributed by atoms with Crippen LogP contribution in [-0.2, 0) is 16.0 Å². The van der Waals surface area contributed by atoms with Crippen molar-refractivity contribution in [3.05, 3.63) is 29.3 Å². The number of hydroxylamine groups is 1. The summed E-state index contributed by atoms with van der Waals surface area (Å²) in [6.07, 6.45) is 2.11. The van der Waals surface area contributed by atoms with Gasteiger partial charge in [0, 0.05) is 24.9 Å². The molecule has 5 nitrogen and oxygen atoms in total. The zero-order chi connectivity index (χ0) is 12.8. The smallest absolute Gasteiger partial charge is 0.274 e. The van der Waals surface area contributed by atoms with Crippen LogP contribution >= 0.6 is 0 Å². The van der Waals surface area contributed by atoms with E-state index in [0.717, 1.165) is 25.1 Å². The van der Waals surface area contributed by atoms with Gasteiger partial charge in [0.2, 0.25) is 0 Å². The average molecular weight is 250 g/mol. The van der Waals surface area contributed by atoms with Gasteiger partial charge < -0.3 is 10.1 Å². The topological polar surface area (TPSA) is 59.6 Å². The minimum Gasteiger partial charge on any atom is -0.385 e. The lowest BCUT2D eigenvalue weighted by atomic mass is 10.0. The highest BCUT2D eigenvalue weighted by Crippen LogP contribution is 2.22. The molecule has 1 aromatic rings. The second-order valence-corrected chi connectivity index (χ2v) is 4.17. The van der Waals surface area contributed by atoms with E-state index < -0.39 is 0 Å². The fourth-order valence-corrected chi connectivity index (χ4v) is 1.92. The Bertz CT molecular complexity index is 421. The molecule has 1 amide bonds. The number of anilines is 1. The molecule has 0 saturated carbocycles. The summed E-state index contributed by atoms with van der Waals surface area (Å²) < 4.78 is 4.82. The van der Waals surface area contributed by atoms with Crippen LogP contribution < -0.4 is 10.8 Å². The van der Waals surface area contributed by atoms with Gasteiger partial charge in [-0.2, -0.15) is 0 Å². The zero-order valence-electron chi connectivity index (χ0n) is 10.5. The number of nitrogens with one attached hydrogen (secondary N) is 2. The van der Waals surface area contributed by atoms with Crippen LogP contribution in [0, 0.1) is 0 Å². The first-order valence-electron chi connectivity index (χ1n) is 6.09. The Morgan fingerprint density at radius 1 is 1.44 bits per heavy atom. The Labute approximate surface area is 106 Å². The van der Waals surface area contributed by atoms with Gasteiger partial charge in [0.15, 0.2) is 0 Å². The van der Waals surface area contributed by atoms with E-state index in [1.54, 1.807) is 13.2 Å². The first-order valence-corrected chi connectivity index (χ1v) is 6.09. The van der Waals surface area contributed by atoms with Crippen molar-refractivity contribution in [2.75, 3.05) is 32.2 Å². The highest BCUT2D eigenvalue weighted by atomic mass is 16.7. The van der Waals surface area contributed by atoms with E-state index in [0.29, 0.717) is 18.8 Å². The van der Waals surface area contributed by atoms with Crippen LogP contribution in [-0.4, -0.2) is 32.8 Å². The molecule has 0 spiro atoms. The minimum atomic E-state index is -0.223. The highest BCUT2D eigenvalue weighted by Gasteiger charge is 2.12. The van der Waals surface area contributed by atoms with Crippen LogP contribution in [0.15, 0.2) is 18.2 Å². The number of rotatable bonds is 5. The third kappa shape index (κ3) is 3.21. The average Bonchev–Trinajstić information content (AvgIpc) is 2.43. The van der Waals surface area contributed by atoms with E-state index >= 15 is 0 Å². The minimum absolute atomic E-state index is 0.223. The van der Waals surface area contributed by atoms with Crippen LogP contribution in [0.2, 0.25) is 0 Å². The van der Waals surface area contributed by atoms with Crippen LogP contribution in [0.1, 0.15) is 22.3 Å². The van der Waals surface area contributed by atoms with Gasteiger partial charge in [-0.3, -0.25) is 9.63 Å². The molecular formula is C13H18N2O3. The van der Waals surface area contributed by atoms with Crippen molar-refractivity contribution < 1.29 is 14.4 Å². The lowest BCUT2D eigenvalue weighted by Crippen LogP contribution is -2.25. The fourth-order valence-electron chi connectivity index (χ4n) is 1.92. The third-order valence-electron chi connectivity index (χ3n) is 2.86. The van der Waals surface area contributed by atoms with Gasteiger partial charge in [0.1, 0.15) is 0 Å². The normalized spacial score (nSPS) is 13.6. The Hall–Kier alpha value is -1.59. The fraction of sp³-hybridized carbons (Fsp3) is 0.462. The lowest BCUT2D eigenvalue weighted by molar-refractivity contribution is 0.00888. The highest BCUT2D eigenvalue weighted by molar-refractivity contribution is 5.94. The van der Waals surface area contributed by atoms with Crippen molar-refractivity contribution >= 4 is 11.6 Å². The predicted octanol–water partition coefficient (Wildman–Crippen LogP) is 1.35. The van der Waals surface area contributed by atoms with Crippen molar-refractivity contribution in [1.29, 1.82) is 0 Å². The summed E-state index contributed by atoms with van der Waals surface area (Å²) in [5.41, 5.74) is 5.33. The molecule has 98 valence electrons. The van der Waals surface area contributed by atoms with Crippen LogP contribution in [0.4, 0.5) is 5.69 Å². The van der Waals surface area contributed by atoms with Crippen molar-refractivity contribution in [2.45, 2.75) is 12.8 Å². The molecule has 0 saturated heterocycles. The summed E-state index contributed by atoms with van der Waals surface area (Å²) in [6, 6.07) is 5.65. The number of amides is 1. The molecule has 0 unspecified atom stereocenters. The van der Waals surface area contributed by atoms with Gasteiger partial charge in [-0.15, -0.1) is 0 Å². The zero-order valence-corrected chi connectivity index (χ0v) is 10.5. The molecule has 0 radical (unpaired) electrons. The van der Waals surface area contributed by atoms with Crippen molar-refractivity contribution in [1.82, 2.24) is 5.48 Å². The Kier molecular flexibility index (Phi) is 4.55. The van der Waals surface area contributed by atoms with Crippen molar-refractivity contribution in [2.24, 2.45) is 0 Å². The van der Waals surface area contributed by atoms with Crippen LogP contribution in [0.25, 0.3) is 0 Å².